The van der Waals surface area contributed by atoms with Crippen LogP contribution in [0.2, 0.25) is 0 Å². The average molecular weight is 404 g/mol. The Bertz CT molecular complexity index is 926. The van der Waals surface area contributed by atoms with Crippen molar-refractivity contribution in [2.75, 3.05) is 19.7 Å². The summed E-state index contributed by atoms with van der Waals surface area (Å²) in [6, 6.07) is 10.4. The number of aromatic amines is 1. The van der Waals surface area contributed by atoms with Crippen molar-refractivity contribution in [2.24, 2.45) is 0 Å². The third kappa shape index (κ3) is 3.17. The fraction of sp³-hybridized carbons (Fsp3) is 0.222. The Kier molecular flexibility index (Phi) is 4.27. The SMILES string of the molecule is O=C(c1cc(F)cc2[nH]cnc12)N1CCO[C@@H](c2ccc(Br)cc2)C1. The quantitative estimate of drug-likeness (QED) is 0.709. The van der Waals surface area contributed by atoms with Gasteiger partial charge in [-0.25, -0.2) is 9.37 Å². The molecule has 0 bridgehead atoms. The van der Waals surface area contributed by atoms with Crippen LogP contribution in [0.3, 0.4) is 0 Å². The van der Waals surface area contributed by atoms with Gasteiger partial charge in [0.25, 0.3) is 5.91 Å². The van der Waals surface area contributed by atoms with E-state index in [0.717, 1.165) is 10.0 Å². The first kappa shape index (κ1) is 16.2. The lowest BCUT2D eigenvalue weighted by Gasteiger charge is -2.33. The molecule has 1 aromatic heterocycles. The third-order valence-electron chi connectivity index (χ3n) is 4.31. The number of aromatic nitrogens is 2. The molecule has 1 amide bonds. The van der Waals surface area contributed by atoms with Crippen molar-refractivity contribution in [2.45, 2.75) is 6.10 Å². The standard InChI is InChI=1S/C18H15BrFN3O2/c19-12-3-1-11(2-4-12)16-9-23(5-6-25-16)18(24)14-7-13(20)8-15-17(14)22-10-21-15/h1-4,7-8,10,16H,5-6,9H2,(H,21,22)/t16-/m1/s1. The highest BCUT2D eigenvalue weighted by molar-refractivity contribution is 9.10. The summed E-state index contributed by atoms with van der Waals surface area (Å²) in [5.74, 6) is -0.695. The van der Waals surface area contributed by atoms with Crippen LogP contribution in [0.25, 0.3) is 11.0 Å². The minimum atomic E-state index is -0.460. The van der Waals surface area contributed by atoms with E-state index < -0.39 is 5.82 Å². The summed E-state index contributed by atoms with van der Waals surface area (Å²) in [5, 5.41) is 0. The number of fused-ring (bicyclic) bond motifs is 1. The number of H-pyrrole nitrogens is 1. The highest BCUT2D eigenvalue weighted by atomic mass is 79.9. The molecular formula is C18H15BrFN3O2. The Morgan fingerprint density at radius 1 is 1.32 bits per heavy atom. The van der Waals surface area contributed by atoms with Gasteiger partial charge in [0.15, 0.2) is 0 Å². The highest BCUT2D eigenvalue weighted by Gasteiger charge is 2.27. The van der Waals surface area contributed by atoms with Crippen molar-refractivity contribution in [3.63, 3.8) is 0 Å². The van der Waals surface area contributed by atoms with Crippen LogP contribution in [-0.4, -0.2) is 40.5 Å². The number of morpholine rings is 1. The van der Waals surface area contributed by atoms with Crippen LogP contribution in [0.1, 0.15) is 22.0 Å². The number of carbonyl (C=O) groups excluding carboxylic acids is 1. The minimum Gasteiger partial charge on any atom is -0.370 e. The van der Waals surface area contributed by atoms with Gasteiger partial charge < -0.3 is 14.6 Å². The van der Waals surface area contributed by atoms with Gasteiger partial charge in [0.05, 0.1) is 30.6 Å². The number of nitrogens with one attached hydrogen (secondary N) is 1. The van der Waals surface area contributed by atoms with Crippen LogP contribution in [0, 0.1) is 5.82 Å². The molecule has 25 heavy (non-hydrogen) atoms. The first-order chi connectivity index (χ1) is 12.1. The lowest BCUT2D eigenvalue weighted by Crippen LogP contribution is -2.42. The Morgan fingerprint density at radius 3 is 2.92 bits per heavy atom. The lowest BCUT2D eigenvalue weighted by molar-refractivity contribution is -0.0227. The third-order valence-corrected chi connectivity index (χ3v) is 4.84. The van der Waals surface area contributed by atoms with Crippen molar-refractivity contribution in [3.05, 3.63) is 64.1 Å². The lowest BCUT2D eigenvalue weighted by atomic mass is 10.1. The molecule has 128 valence electrons. The molecule has 3 aromatic rings. The second kappa shape index (κ2) is 6.57. The number of hydrogen-bond donors (Lipinski definition) is 1. The number of amides is 1. The smallest absolute Gasteiger partial charge is 0.256 e. The molecule has 1 atom stereocenters. The fourth-order valence-electron chi connectivity index (χ4n) is 3.06. The van der Waals surface area contributed by atoms with Gasteiger partial charge in [-0.2, -0.15) is 0 Å². The van der Waals surface area contributed by atoms with Crippen molar-refractivity contribution >= 4 is 32.9 Å². The van der Waals surface area contributed by atoms with Crippen LogP contribution in [0.4, 0.5) is 4.39 Å². The van der Waals surface area contributed by atoms with Gasteiger partial charge in [0, 0.05) is 11.0 Å². The molecule has 2 aromatic carbocycles. The van der Waals surface area contributed by atoms with E-state index in [2.05, 4.69) is 25.9 Å². The largest absolute Gasteiger partial charge is 0.370 e. The monoisotopic (exact) mass is 403 g/mol. The summed E-state index contributed by atoms with van der Waals surface area (Å²) in [6.45, 7) is 1.32. The van der Waals surface area contributed by atoms with Crippen molar-refractivity contribution in [1.29, 1.82) is 0 Å². The van der Waals surface area contributed by atoms with Crippen LogP contribution < -0.4 is 0 Å². The van der Waals surface area contributed by atoms with Crippen LogP contribution >= 0.6 is 15.9 Å². The first-order valence-corrected chi connectivity index (χ1v) is 8.70. The Hall–Kier alpha value is -2.25. The van der Waals surface area contributed by atoms with Crippen LogP contribution in [0.15, 0.2) is 47.2 Å². The molecular weight excluding hydrogens is 389 g/mol. The maximum atomic E-state index is 13.8. The molecule has 0 aliphatic carbocycles. The summed E-state index contributed by atoms with van der Waals surface area (Å²) >= 11 is 3.41. The van der Waals surface area contributed by atoms with E-state index in [1.165, 1.54) is 18.5 Å². The number of imidazole rings is 1. The van der Waals surface area contributed by atoms with Crippen molar-refractivity contribution < 1.29 is 13.9 Å². The normalized spacial score (nSPS) is 17.8. The number of halogens is 2. The summed E-state index contributed by atoms with van der Waals surface area (Å²) in [5.41, 5.74) is 2.27. The minimum absolute atomic E-state index is 0.200. The fourth-order valence-corrected chi connectivity index (χ4v) is 3.33. The zero-order valence-corrected chi connectivity index (χ0v) is 14.8. The molecule has 0 radical (unpaired) electrons. The molecule has 1 saturated heterocycles. The van der Waals surface area contributed by atoms with Gasteiger partial charge >= 0.3 is 0 Å². The molecule has 0 spiro atoms. The van der Waals surface area contributed by atoms with Gasteiger partial charge in [-0.15, -0.1) is 0 Å². The van der Waals surface area contributed by atoms with Gasteiger partial charge in [0.1, 0.15) is 17.4 Å². The summed E-state index contributed by atoms with van der Waals surface area (Å²) < 4.78 is 20.6. The molecule has 1 fully saturated rings. The Labute approximate surface area is 151 Å². The van der Waals surface area contributed by atoms with Gasteiger partial charge in [0.2, 0.25) is 0 Å². The van der Waals surface area contributed by atoms with E-state index in [1.54, 1.807) is 4.90 Å². The number of benzene rings is 2. The topological polar surface area (TPSA) is 58.2 Å². The maximum Gasteiger partial charge on any atom is 0.256 e. The van der Waals surface area contributed by atoms with Gasteiger partial charge in [-0.05, 0) is 29.8 Å². The number of hydrogen-bond acceptors (Lipinski definition) is 3. The second-order valence-electron chi connectivity index (χ2n) is 5.91. The molecule has 5 nitrogen and oxygen atoms in total. The van der Waals surface area contributed by atoms with E-state index in [-0.39, 0.29) is 17.6 Å². The highest BCUT2D eigenvalue weighted by Crippen LogP contribution is 2.26. The summed E-state index contributed by atoms with van der Waals surface area (Å²) in [6.07, 6.45) is 1.26. The molecule has 1 aliphatic rings. The first-order valence-electron chi connectivity index (χ1n) is 7.91. The maximum absolute atomic E-state index is 13.8. The number of carbonyl (C=O) groups is 1. The molecule has 0 unspecified atom stereocenters. The number of nitrogens with zero attached hydrogens (tertiary/aromatic N) is 2. The van der Waals surface area contributed by atoms with E-state index in [0.29, 0.717) is 30.7 Å². The number of ether oxygens (including phenoxy) is 1. The zero-order chi connectivity index (χ0) is 17.4. The molecule has 1 aliphatic heterocycles. The van der Waals surface area contributed by atoms with Crippen molar-refractivity contribution in [3.8, 4) is 0 Å². The van der Waals surface area contributed by atoms with E-state index in [9.17, 15) is 9.18 Å². The molecule has 1 N–H and O–H groups in total. The van der Waals surface area contributed by atoms with Gasteiger partial charge in [-0.1, -0.05) is 28.1 Å². The summed E-state index contributed by atoms with van der Waals surface area (Å²) in [4.78, 5) is 21.6. The molecule has 0 saturated carbocycles. The van der Waals surface area contributed by atoms with Gasteiger partial charge in [-0.3, -0.25) is 4.79 Å². The van der Waals surface area contributed by atoms with Crippen LogP contribution in [-0.2, 0) is 4.74 Å². The summed E-state index contributed by atoms with van der Waals surface area (Å²) in [7, 11) is 0. The van der Waals surface area contributed by atoms with Crippen molar-refractivity contribution in [1.82, 2.24) is 14.9 Å². The molecule has 7 heteroatoms. The predicted octanol–water partition coefficient (Wildman–Crippen LogP) is 3.68. The Morgan fingerprint density at radius 2 is 2.12 bits per heavy atom. The molecule has 2 heterocycles. The molecule has 4 rings (SSSR count). The van der Waals surface area contributed by atoms with E-state index in [1.807, 2.05) is 24.3 Å². The Balaban J connectivity index is 1.61. The second-order valence-corrected chi connectivity index (χ2v) is 6.83. The van der Waals surface area contributed by atoms with E-state index >= 15 is 0 Å². The number of rotatable bonds is 2. The van der Waals surface area contributed by atoms with E-state index in [4.69, 9.17) is 4.74 Å². The predicted molar refractivity (Wildman–Crippen MR) is 94.8 cm³/mol. The van der Waals surface area contributed by atoms with Crippen LogP contribution in [0.5, 0.6) is 0 Å². The zero-order valence-electron chi connectivity index (χ0n) is 13.2. The average Bonchev–Trinajstić information content (AvgIpc) is 3.09.